The maximum absolute atomic E-state index is 13.8. The van der Waals surface area contributed by atoms with Crippen molar-refractivity contribution in [2.75, 3.05) is 26.7 Å². The second-order valence-corrected chi connectivity index (χ2v) is 10.4. The third-order valence-electron chi connectivity index (χ3n) is 7.90. The average molecular weight is 502 g/mol. The van der Waals surface area contributed by atoms with E-state index < -0.39 is 12.0 Å². The van der Waals surface area contributed by atoms with Gasteiger partial charge in [-0.15, -0.1) is 0 Å². The Morgan fingerprint density at radius 1 is 1.17 bits per heavy atom. The summed E-state index contributed by atoms with van der Waals surface area (Å²) in [6.07, 6.45) is 5.25. The van der Waals surface area contributed by atoms with E-state index in [0.29, 0.717) is 24.0 Å². The number of aryl methyl sites for hydroxylation is 1. The van der Waals surface area contributed by atoms with Crippen molar-refractivity contribution in [3.05, 3.63) is 52.8 Å². The van der Waals surface area contributed by atoms with Gasteiger partial charge in [0.25, 0.3) is 12.3 Å². The fraction of sp³-hybridized carbons (Fsp3) is 0.500. The van der Waals surface area contributed by atoms with Crippen LogP contribution in [0.15, 0.2) is 41.7 Å². The van der Waals surface area contributed by atoms with Crippen molar-refractivity contribution in [2.45, 2.75) is 44.1 Å². The highest BCUT2D eigenvalue weighted by atomic mass is 35.5. The summed E-state index contributed by atoms with van der Waals surface area (Å²) in [4.78, 5) is 26.2. The molecule has 0 bridgehead atoms. The quantitative estimate of drug-likeness (QED) is 0.662. The van der Waals surface area contributed by atoms with Gasteiger partial charge in [-0.05, 0) is 85.9 Å². The van der Waals surface area contributed by atoms with E-state index in [0.717, 1.165) is 54.4 Å². The molecule has 0 unspecified atom stereocenters. The molecule has 1 aromatic carbocycles. The Hall–Kier alpha value is -2.58. The molecule has 186 valence electrons. The highest BCUT2D eigenvalue weighted by Crippen LogP contribution is 2.50. The predicted octanol–water partition coefficient (Wildman–Crippen LogP) is 4.31. The molecule has 1 spiro atoms. The number of piperidine rings is 1. The molecule has 2 atom stereocenters. The lowest BCUT2D eigenvalue weighted by molar-refractivity contribution is -0.133. The Morgan fingerprint density at radius 2 is 1.94 bits per heavy atom. The third kappa shape index (κ3) is 4.42. The van der Waals surface area contributed by atoms with Crippen LogP contribution in [-0.4, -0.2) is 59.8 Å². The van der Waals surface area contributed by atoms with Gasteiger partial charge in [0.05, 0.1) is 11.6 Å². The van der Waals surface area contributed by atoms with E-state index in [9.17, 15) is 13.6 Å². The molecule has 5 rings (SSSR count). The molecule has 3 heterocycles. The first-order chi connectivity index (χ1) is 16.8. The lowest BCUT2D eigenvalue weighted by Crippen LogP contribution is -2.48. The van der Waals surface area contributed by atoms with Gasteiger partial charge in [-0.1, -0.05) is 23.7 Å². The normalized spacial score (nSPS) is 25.4. The summed E-state index contributed by atoms with van der Waals surface area (Å²) < 4.78 is 25.6. The minimum Gasteiger partial charge on any atom is -0.369 e. The van der Waals surface area contributed by atoms with E-state index in [2.05, 4.69) is 11.1 Å². The van der Waals surface area contributed by atoms with Crippen LogP contribution >= 0.6 is 11.6 Å². The summed E-state index contributed by atoms with van der Waals surface area (Å²) in [6.45, 7) is 1.16. The Morgan fingerprint density at radius 3 is 2.60 bits per heavy atom. The molecule has 3 aliphatic rings. The Labute approximate surface area is 209 Å². The lowest BCUT2D eigenvalue weighted by Gasteiger charge is -2.42. The van der Waals surface area contributed by atoms with Crippen LogP contribution in [0.4, 0.5) is 8.78 Å². The Kier molecular flexibility index (Phi) is 6.53. The number of rotatable bonds is 5. The average Bonchev–Trinajstić information content (AvgIpc) is 3.06. The topological polar surface area (TPSA) is 74.8 Å². The molecule has 35 heavy (non-hydrogen) atoms. The molecule has 2 aromatic rings. The zero-order chi connectivity index (χ0) is 24.7. The van der Waals surface area contributed by atoms with Gasteiger partial charge in [-0.2, -0.15) is 0 Å². The second-order valence-electron chi connectivity index (χ2n) is 9.97. The largest absolute Gasteiger partial charge is 0.369 e. The summed E-state index contributed by atoms with van der Waals surface area (Å²) in [5, 5.41) is 0.546. The van der Waals surface area contributed by atoms with Crippen LogP contribution in [0.2, 0.25) is 5.02 Å². The van der Waals surface area contributed by atoms with Crippen molar-refractivity contribution >= 4 is 23.5 Å². The van der Waals surface area contributed by atoms with E-state index in [1.807, 2.05) is 23.1 Å². The van der Waals surface area contributed by atoms with E-state index >= 15 is 0 Å². The number of likely N-dealkylation sites (N-methyl/N-ethyl adjacent to an activating group) is 1. The second kappa shape index (κ2) is 9.47. The van der Waals surface area contributed by atoms with Gasteiger partial charge in [0.15, 0.2) is 11.5 Å². The number of carbonyl (C=O) groups is 1. The number of hydrogen-bond donors (Lipinski definition) is 1. The van der Waals surface area contributed by atoms with Gasteiger partial charge in [-0.3, -0.25) is 19.6 Å². The number of aliphatic imine (C=N–C) groups is 1. The fourth-order valence-corrected chi connectivity index (χ4v) is 6.23. The zero-order valence-electron chi connectivity index (χ0n) is 19.8. The van der Waals surface area contributed by atoms with Crippen LogP contribution in [0.5, 0.6) is 0 Å². The number of likely N-dealkylation sites (tertiary alicyclic amines) is 1. The molecular formula is C26H30ClF2N5O. The van der Waals surface area contributed by atoms with Crippen molar-refractivity contribution in [1.29, 1.82) is 0 Å². The van der Waals surface area contributed by atoms with E-state index in [1.54, 1.807) is 19.4 Å². The highest BCUT2D eigenvalue weighted by molar-refractivity contribution is 6.30. The summed E-state index contributed by atoms with van der Waals surface area (Å²) in [5.41, 5.74) is 8.96. The monoisotopic (exact) mass is 501 g/mol. The number of alkyl halides is 2. The van der Waals surface area contributed by atoms with Gasteiger partial charge >= 0.3 is 0 Å². The summed E-state index contributed by atoms with van der Waals surface area (Å²) in [7, 11) is 1.68. The molecule has 2 aliphatic heterocycles. The Bertz CT molecular complexity index is 1150. The molecule has 2 N–H and O–H groups in total. The summed E-state index contributed by atoms with van der Waals surface area (Å²) in [6, 6.07) is 8.02. The molecule has 1 aliphatic carbocycles. The maximum atomic E-state index is 13.8. The number of amides is 1. The molecule has 1 saturated heterocycles. The van der Waals surface area contributed by atoms with Gasteiger partial charge in [0.1, 0.15) is 0 Å². The fourth-order valence-electron chi connectivity index (χ4n) is 6.05. The van der Waals surface area contributed by atoms with E-state index in [4.69, 9.17) is 22.3 Å². The molecule has 1 amide bonds. The summed E-state index contributed by atoms with van der Waals surface area (Å²) >= 11 is 6.18. The van der Waals surface area contributed by atoms with Crippen LogP contribution in [0.3, 0.4) is 0 Å². The van der Waals surface area contributed by atoms with Crippen molar-refractivity contribution < 1.29 is 13.6 Å². The Balaban J connectivity index is 1.48. The molecule has 0 radical (unpaired) electrons. The molecule has 1 aromatic heterocycles. The first kappa shape index (κ1) is 24.1. The molecule has 0 saturated carbocycles. The number of benzene rings is 1. The number of carbonyl (C=O) groups excluding carboxylic acids is 1. The van der Waals surface area contributed by atoms with Crippen LogP contribution < -0.4 is 5.73 Å². The zero-order valence-corrected chi connectivity index (χ0v) is 20.5. The molecule has 6 nitrogen and oxygen atoms in total. The molecule has 1 fully saturated rings. The number of aromatic nitrogens is 1. The van der Waals surface area contributed by atoms with E-state index in [1.165, 1.54) is 4.90 Å². The number of fused-ring (bicyclic) bond motifs is 2. The van der Waals surface area contributed by atoms with Gasteiger partial charge in [0.2, 0.25) is 0 Å². The van der Waals surface area contributed by atoms with Crippen LogP contribution in [-0.2, 0) is 16.8 Å². The van der Waals surface area contributed by atoms with Gasteiger partial charge < -0.3 is 5.73 Å². The summed E-state index contributed by atoms with van der Waals surface area (Å²) in [5.74, 6) is 0.486. The third-order valence-corrected chi connectivity index (χ3v) is 8.10. The van der Waals surface area contributed by atoms with Crippen molar-refractivity contribution in [3.63, 3.8) is 0 Å². The first-order valence-corrected chi connectivity index (χ1v) is 12.5. The van der Waals surface area contributed by atoms with Crippen LogP contribution in [0, 0.1) is 11.8 Å². The maximum Gasteiger partial charge on any atom is 0.261 e. The van der Waals surface area contributed by atoms with Crippen LogP contribution in [0.1, 0.15) is 36.8 Å². The SMILES string of the molecule is CN1C(=O)[C@@]2(N=C1N)c1cc(-c3cncc(Cl)c3)ccc1CC[C@@H]2CC1CCN(CC(F)F)CC1. The number of nitrogens with two attached hydrogens (primary N) is 1. The smallest absolute Gasteiger partial charge is 0.261 e. The molecular weight excluding hydrogens is 472 g/mol. The number of hydrogen-bond acceptors (Lipinski definition) is 5. The minimum atomic E-state index is -2.31. The highest BCUT2D eigenvalue weighted by Gasteiger charge is 2.56. The minimum absolute atomic E-state index is 0.00890. The van der Waals surface area contributed by atoms with Gasteiger partial charge in [-0.25, -0.2) is 13.8 Å². The predicted molar refractivity (Wildman–Crippen MR) is 132 cm³/mol. The van der Waals surface area contributed by atoms with Crippen molar-refractivity contribution in [1.82, 2.24) is 14.8 Å². The van der Waals surface area contributed by atoms with E-state index in [-0.39, 0.29) is 24.3 Å². The number of nitrogens with zero attached hydrogens (tertiary/aromatic N) is 4. The standard InChI is InChI=1S/C26H30ClF2N5O/c1-33-24(35)26(32-25(33)30)20(10-16-6-8-34(9-7-16)15-23(28)29)5-4-17-2-3-18(12-22(17)26)19-11-21(27)14-31-13-19/h2-3,11-14,16,20,23H,4-10,15H2,1H3,(H2,30,32)/t20-,26+/m1/s1. The number of pyridine rings is 1. The molecule has 9 heteroatoms. The van der Waals surface area contributed by atoms with Crippen LogP contribution in [0.25, 0.3) is 11.1 Å². The van der Waals surface area contributed by atoms with Crippen molar-refractivity contribution in [2.24, 2.45) is 22.6 Å². The number of halogens is 3. The number of guanidine groups is 1. The lowest BCUT2D eigenvalue weighted by atomic mass is 9.65. The van der Waals surface area contributed by atoms with Crippen molar-refractivity contribution in [3.8, 4) is 11.1 Å². The first-order valence-electron chi connectivity index (χ1n) is 12.2. The van der Waals surface area contributed by atoms with Gasteiger partial charge in [0, 0.05) is 25.0 Å².